The van der Waals surface area contributed by atoms with Crippen molar-refractivity contribution in [1.82, 2.24) is 20.2 Å². The average molecular weight is 184 g/mol. The zero-order valence-corrected chi connectivity index (χ0v) is 7.64. The molecule has 0 spiro atoms. The Morgan fingerprint density at radius 3 is 2.92 bits per heavy atom. The summed E-state index contributed by atoms with van der Waals surface area (Å²) in [6, 6.07) is 0. The van der Waals surface area contributed by atoms with Gasteiger partial charge in [0.15, 0.2) is 5.82 Å². The lowest BCUT2D eigenvalue weighted by Crippen LogP contribution is -2.19. The van der Waals surface area contributed by atoms with Gasteiger partial charge in [-0.1, -0.05) is 13.8 Å². The number of hydrogen-bond donors (Lipinski definition) is 1. The van der Waals surface area contributed by atoms with Crippen molar-refractivity contribution in [1.29, 1.82) is 0 Å². The van der Waals surface area contributed by atoms with Crippen LogP contribution in [0.1, 0.15) is 19.7 Å². The molecule has 0 aliphatic carbocycles. The number of nitrogens with zero attached hydrogens (tertiary/aromatic N) is 4. The highest BCUT2D eigenvalue weighted by Gasteiger charge is 2.14. The van der Waals surface area contributed by atoms with Crippen LogP contribution in [-0.4, -0.2) is 31.3 Å². The van der Waals surface area contributed by atoms with Crippen LogP contribution < -0.4 is 0 Å². The Kier molecular flexibility index (Phi) is 2.94. The van der Waals surface area contributed by atoms with Gasteiger partial charge in [-0.25, -0.2) is 4.68 Å². The summed E-state index contributed by atoms with van der Waals surface area (Å²) >= 11 is 0. The monoisotopic (exact) mass is 184 g/mol. The van der Waals surface area contributed by atoms with Gasteiger partial charge in [0.1, 0.15) is 0 Å². The van der Waals surface area contributed by atoms with Crippen molar-refractivity contribution < 1.29 is 9.90 Å². The van der Waals surface area contributed by atoms with Crippen LogP contribution in [-0.2, 0) is 17.8 Å². The first kappa shape index (κ1) is 9.63. The zero-order chi connectivity index (χ0) is 9.84. The van der Waals surface area contributed by atoms with Gasteiger partial charge in [0.2, 0.25) is 0 Å². The predicted molar refractivity (Wildman–Crippen MR) is 44.0 cm³/mol. The van der Waals surface area contributed by atoms with Crippen molar-refractivity contribution >= 4 is 5.97 Å². The van der Waals surface area contributed by atoms with Crippen LogP contribution >= 0.6 is 0 Å². The maximum absolute atomic E-state index is 10.5. The molecule has 1 N–H and O–H groups in total. The van der Waals surface area contributed by atoms with E-state index in [0.717, 1.165) is 0 Å². The molecule has 1 atom stereocenters. The first-order valence-corrected chi connectivity index (χ1v) is 4.13. The third kappa shape index (κ3) is 2.24. The summed E-state index contributed by atoms with van der Waals surface area (Å²) in [6.07, 6.45) is 0.708. The fraction of sp³-hybridized carbons (Fsp3) is 0.714. The van der Waals surface area contributed by atoms with Crippen LogP contribution in [0.4, 0.5) is 0 Å². The summed E-state index contributed by atoms with van der Waals surface area (Å²) in [5, 5.41) is 19.6. The van der Waals surface area contributed by atoms with Gasteiger partial charge in [0, 0.05) is 6.42 Å². The maximum atomic E-state index is 10.5. The average Bonchev–Trinajstić information content (AvgIpc) is 2.51. The van der Waals surface area contributed by atoms with Gasteiger partial charge in [-0.15, -0.1) is 5.10 Å². The molecule has 1 heterocycles. The van der Waals surface area contributed by atoms with Gasteiger partial charge >= 0.3 is 5.97 Å². The Balaban J connectivity index is 2.68. The van der Waals surface area contributed by atoms with E-state index in [0.29, 0.717) is 18.8 Å². The van der Waals surface area contributed by atoms with Gasteiger partial charge in [-0.2, -0.15) is 0 Å². The molecule has 6 nitrogen and oxygen atoms in total. The molecule has 0 fully saturated rings. The van der Waals surface area contributed by atoms with Crippen molar-refractivity contribution in [3.8, 4) is 0 Å². The van der Waals surface area contributed by atoms with Crippen LogP contribution in [0.3, 0.4) is 0 Å². The van der Waals surface area contributed by atoms with Gasteiger partial charge in [-0.3, -0.25) is 4.79 Å². The highest BCUT2D eigenvalue weighted by molar-refractivity contribution is 5.69. The van der Waals surface area contributed by atoms with E-state index in [4.69, 9.17) is 5.11 Å². The summed E-state index contributed by atoms with van der Waals surface area (Å²) in [5.41, 5.74) is 0. The minimum atomic E-state index is -0.836. The van der Waals surface area contributed by atoms with Crippen LogP contribution in [0.5, 0.6) is 0 Å². The molecule has 1 unspecified atom stereocenters. The fourth-order valence-electron chi connectivity index (χ4n) is 0.956. The number of carboxylic acid groups (broad SMARTS) is 1. The van der Waals surface area contributed by atoms with Gasteiger partial charge in [-0.05, 0) is 10.4 Å². The molecule has 0 radical (unpaired) electrons. The minimum Gasteiger partial charge on any atom is -0.481 e. The SMILES string of the molecule is CCc1nnnn1CC(C)C(=O)O. The molecular formula is C7H12N4O2. The van der Waals surface area contributed by atoms with Gasteiger partial charge in [0.05, 0.1) is 12.5 Å². The molecule has 0 bridgehead atoms. The van der Waals surface area contributed by atoms with Crippen molar-refractivity contribution in [2.75, 3.05) is 0 Å². The number of tetrazole rings is 1. The zero-order valence-electron chi connectivity index (χ0n) is 7.64. The van der Waals surface area contributed by atoms with Crippen molar-refractivity contribution in [3.63, 3.8) is 0 Å². The van der Waals surface area contributed by atoms with E-state index < -0.39 is 11.9 Å². The highest BCUT2D eigenvalue weighted by Crippen LogP contribution is 2.01. The number of carboxylic acids is 1. The lowest BCUT2D eigenvalue weighted by atomic mass is 10.2. The number of hydrogen-bond acceptors (Lipinski definition) is 4. The Bertz CT molecular complexity index is 296. The quantitative estimate of drug-likeness (QED) is 0.709. The van der Waals surface area contributed by atoms with Crippen LogP contribution in [0.15, 0.2) is 0 Å². The van der Waals surface area contributed by atoms with E-state index in [1.54, 1.807) is 6.92 Å². The Labute approximate surface area is 75.6 Å². The van der Waals surface area contributed by atoms with Crippen molar-refractivity contribution in [2.45, 2.75) is 26.8 Å². The molecular weight excluding hydrogens is 172 g/mol. The fourth-order valence-corrected chi connectivity index (χ4v) is 0.956. The molecule has 0 amide bonds. The van der Waals surface area contributed by atoms with Gasteiger partial charge in [0.25, 0.3) is 0 Å². The maximum Gasteiger partial charge on any atom is 0.308 e. The van der Waals surface area contributed by atoms with E-state index in [2.05, 4.69) is 15.5 Å². The molecule has 13 heavy (non-hydrogen) atoms. The second kappa shape index (κ2) is 3.97. The molecule has 0 saturated heterocycles. The second-order valence-electron chi connectivity index (χ2n) is 2.87. The largest absolute Gasteiger partial charge is 0.481 e. The number of aromatic nitrogens is 4. The summed E-state index contributed by atoms with van der Waals surface area (Å²) in [4.78, 5) is 10.5. The first-order chi connectivity index (χ1) is 6.15. The summed E-state index contributed by atoms with van der Waals surface area (Å²) in [7, 11) is 0. The van der Waals surface area contributed by atoms with Crippen LogP contribution in [0.25, 0.3) is 0 Å². The normalized spacial score (nSPS) is 12.8. The molecule has 0 aliphatic heterocycles. The third-order valence-corrected chi connectivity index (χ3v) is 1.79. The number of aliphatic carboxylic acids is 1. The Morgan fingerprint density at radius 1 is 1.69 bits per heavy atom. The molecule has 0 aromatic carbocycles. The third-order valence-electron chi connectivity index (χ3n) is 1.79. The lowest BCUT2D eigenvalue weighted by Gasteiger charge is -2.06. The second-order valence-corrected chi connectivity index (χ2v) is 2.87. The summed E-state index contributed by atoms with van der Waals surface area (Å²) in [5.74, 6) is -0.584. The van der Waals surface area contributed by atoms with Crippen molar-refractivity contribution in [3.05, 3.63) is 5.82 Å². The van der Waals surface area contributed by atoms with E-state index in [9.17, 15) is 4.79 Å². The van der Waals surface area contributed by atoms with E-state index in [1.807, 2.05) is 6.92 Å². The van der Waals surface area contributed by atoms with E-state index >= 15 is 0 Å². The molecule has 0 aliphatic rings. The topological polar surface area (TPSA) is 80.9 Å². The summed E-state index contributed by atoms with van der Waals surface area (Å²) < 4.78 is 1.53. The standard InChI is InChI=1S/C7H12N4O2/c1-3-6-8-9-10-11(6)4-5(2)7(12)13/h5H,3-4H2,1-2H3,(H,12,13). The molecule has 1 aromatic heterocycles. The van der Waals surface area contributed by atoms with Crippen LogP contribution in [0, 0.1) is 5.92 Å². The van der Waals surface area contributed by atoms with E-state index in [-0.39, 0.29) is 0 Å². The molecule has 0 saturated carbocycles. The molecule has 72 valence electrons. The van der Waals surface area contributed by atoms with Crippen molar-refractivity contribution in [2.24, 2.45) is 5.92 Å². The van der Waals surface area contributed by atoms with Gasteiger partial charge < -0.3 is 5.11 Å². The number of carbonyl (C=O) groups is 1. The Hall–Kier alpha value is -1.46. The number of rotatable bonds is 4. The highest BCUT2D eigenvalue weighted by atomic mass is 16.4. The summed E-state index contributed by atoms with van der Waals surface area (Å²) in [6.45, 7) is 3.88. The van der Waals surface area contributed by atoms with Crippen LogP contribution in [0.2, 0.25) is 0 Å². The Morgan fingerprint density at radius 2 is 2.38 bits per heavy atom. The molecule has 1 aromatic rings. The predicted octanol–water partition coefficient (Wildman–Crippen LogP) is -0.0438. The number of aryl methyl sites for hydroxylation is 1. The first-order valence-electron chi connectivity index (χ1n) is 4.13. The minimum absolute atomic E-state index is 0.325. The van der Waals surface area contributed by atoms with E-state index in [1.165, 1.54) is 4.68 Å². The molecule has 6 heteroatoms. The lowest BCUT2D eigenvalue weighted by molar-refractivity contribution is -0.141. The smallest absolute Gasteiger partial charge is 0.308 e. The molecule has 1 rings (SSSR count).